The van der Waals surface area contributed by atoms with Gasteiger partial charge in [-0.3, -0.25) is 4.79 Å². The van der Waals surface area contributed by atoms with E-state index in [1.165, 1.54) is 0 Å². The Kier molecular flexibility index (Phi) is 10.2. The average molecular weight is 645 g/mol. The van der Waals surface area contributed by atoms with Crippen molar-refractivity contribution in [3.8, 4) is 23.0 Å². The van der Waals surface area contributed by atoms with Gasteiger partial charge in [0.2, 0.25) is 0 Å². The van der Waals surface area contributed by atoms with Crippen LogP contribution in [0.3, 0.4) is 0 Å². The van der Waals surface area contributed by atoms with E-state index in [4.69, 9.17) is 28.4 Å². The van der Waals surface area contributed by atoms with Gasteiger partial charge in [0.25, 0.3) is 0 Å². The van der Waals surface area contributed by atoms with Crippen molar-refractivity contribution in [3.05, 3.63) is 68.5 Å². The Morgan fingerprint density at radius 1 is 0.929 bits per heavy atom. The monoisotopic (exact) mass is 643 g/mol. The van der Waals surface area contributed by atoms with E-state index in [2.05, 4.69) is 21.2 Å². The fourth-order valence-electron chi connectivity index (χ4n) is 5.59. The van der Waals surface area contributed by atoms with E-state index in [-0.39, 0.29) is 37.4 Å². The van der Waals surface area contributed by atoms with Crippen LogP contribution >= 0.6 is 15.9 Å². The minimum Gasteiger partial charge on any atom is -0.493 e. The van der Waals surface area contributed by atoms with Crippen LogP contribution in [0.2, 0.25) is 0 Å². The summed E-state index contributed by atoms with van der Waals surface area (Å²) in [5, 5.41) is 3.39. The van der Waals surface area contributed by atoms with Gasteiger partial charge < -0.3 is 33.7 Å². The highest BCUT2D eigenvalue weighted by Crippen LogP contribution is 2.49. The van der Waals surface area contributed by atoms with Gasteiger partial charge in [-0.05, 0) is 84.4 Å². The van der Waals surface area contributed by atoms with Crippen LogP contribution in [0.4, 0.5) is 0 Å². The van der Waals surface area contributed by atoms with Crippen molar-refractivity contribution < 1.29 is 38.0 Å². The summed E-state index contributed by atoms with van der Waals surface area (Å²) in [6, 6.07) is 9.39. The van der Waals surface area contributed by atoms with Gasteiger partial charge in [0.05, 0.1) is 51.2 Å². The molecule has 0 saturated carbocycles. The molecule has 0 unspecified atom stereocenters. The number of allylic oxidation sites excluding steroid dienone is 3. The lowest BCUT2D eigenvalue weighted by Crippen LogP contribution is -2.36. The minimum absolute atomic E-state index is 0.0176. The van der Waals surface area contributed by atoms with Crippen molar-refractivity contribution in [2.45, 2.75) is 51.6 Å². The molecule has 2 aromatic carbocycles. The number of carbonyl (C=O) groups is 2. The number of nitrogens with one attached hydrogen (secondary N) is 1. The van der Waals surface area contributed by atoms with Crippen molar-refractivity contribution >= 4 is 27.7 Å². The first kappa shape index (κ1) is 31.4. The summed E-state index contributed by atoms with van der Waals surface area (Å²) >= 11 is 3.58. The number of ketones is 1. The van der Waals surface area contributed by atoms with Crippen LogP contribution in [0.1, 0.15) is 56.6 Å². The van der Waals surface area contributed by atoms with Crippen molar-refractivity contribution in [1.82, 2.24) is 5.32 Å². The number of Topliss-reactive ketones (excluding diaryl/α,β-unsaturated/α-hetero) is 1. The van der Waals surface area contributed by atoms with Crippen molar-refractivity contribution in [1.29, 1.82) is 0 Å². The zero-order chi connectivity index (χ0) is 30.6. The van der Waals surface area contributed by atoms with Gasteiger partial charge in [-0.25, -0.2) is 4.79 Å². The maximum absolute atomic E-state index is 14.0. The Bertz CT molecular complexity index is 1410. The van der Waals surface area contributed by atoms with Crippen LogP contribution < -0.4 is 24.3 Å². The highest BCUT2D eigenvalue weighted by Gasteiger charge is 2.42. The van der Waals surface area contributed by atoms with E-state index in [0.29, 0.717) is 56.3 Å². The highest BCUT2D eigenvalue weighted by atomic mass is 79.9. The fourth-order valence-corrected chi connectivity index (χ4v) is 6.21. The third kappa shape index (κ3) is 6.44. The normalized spacial score (nSPS) is 18.5. The van der Waals surface area contributed by atoms with E-state index in [9.17, 15) is 9.59 Å². The number of benzene rings is 2. The molecular formula is C32H38BrNO8. The number of esters is 1. The third-order valence-electron chi connectivity index (χ3n) is 7.48. The third-order valence-corrected chi connectivity index (χ3v) is 8.07. The SMILES string of the molecule is COc1ccc([C@H]2CC(=O)C3=C(C2)NC(C)=C(C(=O)OCCOC(C)C)[C@H]3c2cc(Br)c(OC)c(OC)c2)cc1OC. The molecule has 4 rings (SSSR count). The molecule has 9 nitrogen and oxygen atoms in total. The Hall–Kier alpha value is -3.50. The Morgan fingerprint density at radius 3 is 2.26 bits per heavy atom. The van der Waals surface area contributed by atoms with Crippen LogP contribution in [0.25, 0.3) is 0 Å². The smallest absolute Gasteiger partial charge is 0.336 e. The largest absolute Gasteiger partial charge is 0.493 e. The topological polar surface area (TPSA) is 102 Å². The second-order valence-corrected chi connectivity index (χ2v) is 11.3. The van der Waals surface area contributed by atoms with Crippen molar-refractivity contribution in [3.63, 3.8) is 0 Å². The molecule has 1 aliphatic heterocycles. The van der Waals surface area contributed by atoms with Gasteiger partial charge in [-0.1, -0.05) is 6.07 Å². The van der Waals surface area contributed by atoms with Gasteiger partial charge in [-0.15, -0.1) is 0 Å². The molecule has 0 fully saturated rings. The summed E-state index contributed by atoms with van der Waals surface area (Å²) in [7, 11) is 6.28. The molecule has 0 aromatic heterocycles. The molecule has 42 heavy (non-hydrogen) atoms. The van der Waals surface area contributed by atoms with Gasteiger partial charge in [0.1, 0.15) is 6.61 Å². The maximum Gasteiger partial charge on any atom is 0.336 e. The lowest BCUT2D eigenvalue weighted by atomic mass is 9.71. The fraction of sp³-hybridized carbons (Fsp3) is 0.438. The lowest BCUT2D eigenvalue weighted by molar-refractivity contribution is -0.141. The van der Waals surface area contributed by atoms with Gasteiger partial charge in [-0.2, -0.15) is 0 Å². The minimum atomic E-state index is -0.672. The number of hydrogen-bond donors (Lipinski definition) is 1. The number of halogens is 1. The first-order valence-electron chi connectivity index (χ1n) is 13.8. The summed E-state index contributed by atoms with van der Waals surface area (Å²) in [5.74, 6) is 0.900. The Labute approximate surface area is 255 Å². The van der Waals surface area contributed by atoms with E-state index in [1.54, 1.807) is 34.5 Å². The quantitative estimate of drug-likeness (QED) is 0.240. The van der Waals surface area contributed by atoms with Crippen molar-refractivity contribution in [2.24, 2.45) is 0 Å². The number of hydrogen-bond acceptors (Lipinski definition) is 9. The summed E-state index contributed by atoms with van der Waals surface area (Å²) in [6.45, 7) is 6.04. The molecule has 0 amide bonds. The second-order valence-electron chi connectivity index (χ2n) is 10.4. The first-order chi connectivity index (χ1) is 20.1. The number of methoxy groups -OCH3 is 4. The molecule has 1 heterocycles. The average Bonchev–Trinajstić information content (AvgIpc) is 2.97. The van der Waals surface area contributed by atoms with Gasteiger partial charge in [0, 0.05) is 29.3 Å². The molecule has 2 aromatic rings. The molecular weight excluding hydrogens is 606 g/mol. The van der Waals surface area contributed by atoms with Crippen LogP contribution in [-0.2, 0) is 19.1 Å². The molecule has 10 heteroatoms. The van der Waals surface area contributed by atoms with Crippen molar-refractivity contribution in [2.75, 3.05) is 41.7 Å². The zero-order valence-corrected chi connectivity index (χ0v) is 26.7. The van der Waals surface area contributed by atoms with E-state index in [0.717, 1.165) is 11.3 Å². The number of dihydropyridines is 1. The van der Waals surface area contributed by atoms with E-state index < -0.39 is 11.9 Å². The molecule has 2 atom stereocenters. The molecule has 0 bridgehead atoms. The van der Waals surface area contributed by atoms with Gasteiger partial charge in [0.15, 0.2) is 28.8 Å². The zero-order valence-electron chi connectivity index (χ0n) is 25.1. The summed E-state index contributed by atoms with van der Waals surface area (Å²) in [4.78, 5) is 27.6. The lowest BCUT2D eigenvalue weighted by Gasteiger charge is -2.37. The predicted octanol–water partition coefficient (Wildman–Crippen LogP) is 5.81. The molecule has 226 valence electrons. The Balaban J connectivity index is 1.77. The highest BCUT2D eigenvalue weighted by molar-refractivity contribution is 9.10. The van der Waals surface area contributed by atoms with Crippen LogP contribution in [-0.4, -0.2) is 59.5 Å². The van der Waals surface area contributed by atoms with E-state index in [1.807, 2.05) is 45.0 Å². The number of ether oxygens (including phenoxy) is 6. The van der Waals surface area contributed by atoms with E-state index >= 15 is 0 Å². The Morgan fingerprint density at radius 2 is 1.62 bits per heavy atom. The summed E-state index contributed by atoms with van der Waals surface area (Å²) in [5.41, 5.74) is 3.99. The molecule has 2 aliphatic rings. The standard InChI is InChI=1S/C32H38BrNO8/c1-17(2)41-10-11-42-32(36)28-18(3)34-23-13-20(19-8-9-25(37-4)26(15-19)38-5)14-24(35)30(23)29(28)21-12-22(33)31(40-7)27(16-21)39-6/h8-9,12,15-17,20,29,34H,10-11,13-14H2,1-7H3/t20-,29-/m1/s1. The molecule has 0 saturated heterocycles. The van der Waals surface area contributed by atoms with Crippen LogP contribution in [0.15, 0.2) is 57.3 Å². The molecule has 1 N–H and O–H groups in total. The molecule has 0 radical (unpaired) electrons. The molecule has 1 aliphatic carbocycles. The number of rotatable bonds is 11. The second kappa shape index (κ2) is 13.6. The summed E-state index contributed by atoms with van der Waals surface area (Å²) < 4.78 is 33.9. The molecule has 0 spiro atoms. The van der Waals surface area contributed by atoms with Gasteiger partial charge >= 0.3 is 5.97 Å². The van der Waals surface area contributed by atoms with Crippen LogP contribution in [0, 0.1) is 0 Å². The number of carbonyl (C=O) groups excluding carboxylic acids is 2. The predicted molar refractivity (Wildman–Crippen MR) is 161 cm³/mol. The van der Waals surface area contributed by atoms with Crippen LogP contribution in [0.5, 0.6) is 23.0 Å². The first-order valence-corrected chi connectivity index (χ1v) is 14.6. The summed E-state index contributed by atoms with van der Waals surface area (Å²) in [6.07, 6.45) is 0.859. The maximum atomic E-state index is 14.0.